The molecule has 0 saturated carbocycles. The molecule has 0 saturated heterocycles. The summed E-state index contributed by atoms with van der Waals surface area (Å²) in [7, 11) is -7.76. The molecule has 2 heterocycles. The van der Waals surface area contributed by atoms with Gasteiger partial charge < -0.3 is 4.74 Å². The lowest BCUT2D eigenvalue weighted by atomic mass is 10.2. The van der Waals surface area contributed by atoms with Gasteiger partial charge >= 0.3 is 0 Å². The molecule has 4 rings (SSSR count). The Kier molecular flexibility index (Phi) is 10.5. The van der Waals surface area contributed by atoms with Gasteiger partial charge in [0.25, 0.3) is 0 Å². The van der Waals surface area contributed by atoms with Gasteiger partial charge in [-0.25, -0.2) is 16.8 Å². The van der Waals surface area contributed by atoms with Crippen molar-refractivity contribution in [2.45, 2.75) is 43.4 Å². The number of benzene rings is 2. The lowest BCUT2D eigenvalue weighted by Crippen LogP contribution is -2.40. The minimum atomic E-state index is -3.88. The molecule has 0 unspecified atom stereocenters. The Bertz CT molecular complexity index is 1430. The minimum Gasteiger partial charge on any atom is -0.494 e. The first kappa shape index (κ1) is 31.8. The number of fused-ring (bicyclic) bond motifs is 2. The molecule has 1 aliphatic heterocycles. The van der Waals surface area contributed by atoms with Crippen LogP contribution in [0.3, 0.4) is 0 Å². The molecular formula is C29H36ClN3O5S2. The van der Waals surface area contributed by atoms with Gasteiger partial charge in [0.1, 0.15) is 5.75 Å². The summed E-state index contributed by atoms with van der Waals surface area (Å²) < 4.78 is 63.2. The first-order chi connectivity index (χ1) is 18.5. The van der Waals surface area contributed by atoms with Crippen molar-refractivity contribution in [3.05, 3.63) is 95.3 Å². The van der Waals surface area contributed by atoms with Gasteiger partial charge in [-0.05, 0) is 50.6 Å². The molecule has 2 bridgehead atoms. The highest BCUT2D eigenvalue weighted by molar-refractivity contribution is 7.89. The highest BCUT2D eigenvalue weighted by atomic mass is 35.5. The summed E-state index contributed by atoms with van der Waals surface area (Å²) in [5.41, 5.74) is 3.74. The lowest BCUT2D eigenvalue weighted by Gasteiger charge is -2.28. The first-order valence-corrected chi connectivity index (χ1v) is 15.8. The molecule has 1 aliphatic rings. The van der Waals surface area contributed by atoms with Crippen molar-refractivity contribution in [3.63, 3.8) is 0 Å². The van der Waals surface area contributed by atoms with Gasteiger partial charge in [0, 0.05) is 62.5 Å². The molecule has 0 N–H and O–H groups in total. The van der Waals surface area contributed by atoms with Gasteiger partial charge in [-0.1, -0.05) is 42.0 Å². The molecule has 0 aliphatic carbocycles. The van der Waals surface area contributed by atoms with E-state index in [0.29, 0.717) is 42.2 Å². The maximum atomic E-state index is 13.7. The molecule has 0 radical (unpaired) electrons. The van der Waals surface area contributed by atoms with Gasteiger partial charge in [0.05, 0.1) is 16.4 Å². The molecule has 1 aromatic heterocycles. The average molecular weight is 606 g/mol. The number of aromatic nitrogens is 1. The summed E-state index contributed by atoms with van der Waals surface area (Å²) in [5.74, 6) is 0.625. The van der Waals surface area contributed by atoms with E-state index in [0.717, 1.165) is 11.1 Å². The van der Waals surface area contributed by atoms with E-state index in [1.54, 1.807) is 48.5 Å². The second-order valence-corrected chi connectivity index (χ2v) is 13.6. The van der Waals surface area contributed by atoms with Gasteiger partial charge in [-0.15, -0.1) is 12.4 Å². The Morgan fingerprint density at radius 2 is 1.18 bits per heavy atom. The molecule has 0 spiro atoms. The van der Waals surface area contributed by atoms with E-state index in [1.165, 1.54) is 8.61 Å². The van der Waals surface area contributed by atoms with E-state index in [2.05, 4.69) is 6.58 Å². The predicted molar refractivity (Wildman–Crippen MR) is 159 cm³/mol. The summed E-state index contributed by atoms with van der Waals surface area (Å²) in [4.78, 5) is 5.07. The van der Waals surface area contributed by atoms with Crippen molar-refractivity contribution in [1.29, 1.82) is 0 Å². The van der Waals surface area contributed by atoms with E-state index in [-0.39, 0.29) is 48.4 Å². The number of aryl methyl sites for hydroxylation is 2. The van der Waals surface area contributed by atoms with E-state index < -0.39 is 20.0 Å². The average Bonchev–Trinajstić information content (AvgIpc) is 2.89. The molecule has 0 atom stereocenters. The highest BCUT2D eigenvalue weighted by Crippen LogP contribution is 2.24. The Balaban J connectivity index is 0.00000441. The van der Waals surface area contributed by atoms with Crippen LogP contribution in [0, 0.1) is 13.8 Å². The minimum absolute atomic E-state index is 0. The van der Waals surface area contributed by atoms with Crippen molar-refractivity contribution >= 4 is 32.5 Å². The topological polar surface area (TPSA) is 96.9 Å². The number of halogens is 1. The Labute approximate surface area is 244 Å². The fourth-order valence-corrected chi connectivity index (χ4v) is 7.36. The third kappa shape index (κ3) is 7.50. The van der Waals surface area contributed by atoms with Crippen LogP contribution in [-0.2, 0) is 32.9 Å². The maximum absolute atomic E-state index is 13.7. The van der Waals surface area contributed by atoms with Crippen molar-refractivity contribution in [1.82, 2.24) is 13.6 Å². The largest absolute Gasteiger partial charge is 0.494 e. The Hall–Kier alpha value is -2.76. The Morgan fingerprint density at radius 3 is 1.55 bits per heavy atom. The first-order valence-electron chi connectivity index (χ1n) is 12.9. The van der Waals surface area contributed by atoms with Crippen LogP contribution in [-0.4, -0.2) is 63.2 Å². The normalized spacial score (nSPS) is 15.9. The van der Waals surface area contributed by atoms with Crippen LogP contribution in [0.4, 0.5) is 0 Å². The SMILES string of the molecule is C=C1CN(S(=O)(=O)c2ccc(C)cc2)CCc2cc(OCC)cc(n2)CCN(S(=O)(=O)c2ccc(C)cc2)C1.Cl. The van der Waals surface area contributed by atoms with Gasteiger partial charge in [0.15, 0.2) is 0 Å². The number of ether oxygens (including phenoxy) is 1. The van der Waals surface area contributed by atoms with E-state index in [4.69, 9.17) is 9.72 Å². The van der Waals surface area contributed by atoms with E-state index in [9.17, 15) is 16.8 Å². The predicted octanol–water partition coefficient (Wildman–Crippen LogP) is 4.56. The van der Waals surface area contributed by atoms with Gasteiger partial charge in [0.2, 0.25) is 20.0 Å². The molecule has 0 amide bonds. The smallest absolute Gasteiger partial charge is 0.243 e. The molecule has 11 heteroatoms. The third-order valence-electron chi connectivity index (χ3n) is 6.57. The van der Waals surface area contributed by atoms with Crippen molar-refractivity contribution in [3.8, 4) is 5.75 Å². The molecule has 8 nitrogen and oxygen atoms in total. The fraction of sp³-hybridized carbons (Fsp3) is 0.345. The molecular weight excluding hydrogens is 570 g/mol. The molecule has 2 aromatic carbocycles. The summed E-state index contributed by atoms with van der Waals surface area (Å²) in [6, 6.07) is 17.0. The zero-order valence-electron chi connectivity index (χ0n) is 23.0. The van der Waals surface area contributed by atoms with Crippen LogP contribution < -0.4 is 4.74 Å². The van der Waals surface area contributed by atoms with E-state index >= 15 is 0 Å². The van der Waals surface area contributed by atoms with E-state index in [1.807, 2.05) is 32.9 Å². The number of hydrogen-bond donors (Lipinski definition) is 0. The molecule has 3 aromatic rings. The van der Waals surface area contributed by atoms with Crippen LogP contribution >= 0.6 is 12.4 Å². The van der Waals surface area contributed by atoms with Crippen LogP contribution in [0.5, 0.6) is 5.75 Å². The zero-order chi connectivity index (χ0) is 28.2. The molecule has 40 heavy (non-hydrogen) atoms. The van der Waals surface area contributed by atoms with Crippen LogP contribution in [0.25, 0.3) is 0 Å². The quantitative estimate of drug-likeness (QED) is 0.382. The molecule has 216 valence electrons. The standard InChI is InChI=1S/C29H35N3O5S2.ClH/c1-5-37-27-18-25-14-16-31(38(33,34)28-10-6-22(2)7-11-28)20-24(4)21-32(17-15-26(19-27)30-25)39(35,36)29-12-8-23(3)9-13-29;/h6-13,18-19H,4-5,14-17,20-21H2,1-3H3;1H. The van der Waals surface area contributed by atoms with Crippen molar-refractivity contribution in [2.24, 2.45) is 0 Å². The monoisotopic (exact) mass is 605 g/mol. The van der Waals surface area contributed by atoms with Crippen molar-refractivity contribution in [2.75, 3.05) is 32.8 Å². The fourth-order valence-electron chi connectivity index (χ4n) is 4.44. The van der Waals surface area contributed by atoms with Crippen LogP contribution in [0.15, 0.2) is 82.6 Å². The second-order valence-electron chi connectivity index (χ2n) is 9.77. The third-order valence-corrected chi connectivity index (χ3v) is 10.3. The summed E-state index contributed by atoms with van der Waals surface area (Å²) in [6.45, 7) is 10.5. The van der Waals surface area contributed by atoms with Gasteiger partial charge in [-0.3, -0.25) is 4.98 Å². The number of sulfonamides is 2. The summed E-state index contributed by atoms with van der Waals surface area (Å²) in [6.07, 6.45) is 0.745. The van der Waals surface area contributed by atoms with Crippen LogP contribution in [0.2, 0.25) is 0 Å². The number of hydrogen-bond acceptors (Lipinski definition) is 6. The summed E-state index contributed by atoms with van der Waals surface area (Å²) >= 11 is 0. The summed E-state index contributed by atoms with van der Waals surface area (Å²) in [5, 5.41) is 0. The highest BCUT2D eigenvalue weighted by Gasteiger charge is 2.29. The number of nitrogens with zero attached hydrogens (tertiary/aromatic N) is 3. The second kappa shape index (κ2) is 13.3. The van der Waals surface area contributed by atoms with Crippen molar-refractivity contribution < 1.29 is 21.6 Å². The van der Waals surface area contributed by atoms with Gasteiger partial charge in [-0.2, -0.15) is 8.61 Å². The number of pyridine rings is 1. The lowest BCUT2D eigenvalue weighted by molar-refractivity contribution is 0.338. The van der Waals surface area contributed by atoms with Crippen LogP contribution in [0.1, 0.15) is 29.4 Å². The molecule has 0 fully saturated rings. The zero-order valence-corrected chi connectivity index (χ0v) is 25.5. The number of rotatable bonds is 6. The maximum Gasteiger partial charge on any atom is 0.243 e. The Morgan fingerprint density at radius 1 is 0.775 bits per heavy atom.